The van der Waals surface area contributed by atoms with Crippen LogP contribution in [0.15, 0.2) is 30.3 Å². The van der Waals surface area contributed by atoms with Crippen LogP contribution in [0.3, 0.4) is 0 Å². The molecule has 0 amide bonds. The predicted octanol–water partition coefficient (Wildman–Crippen LogP) is 6.67. The Hall–Kier alpha value is -2.73. The molecule has 8 heteroatoms. The van der Waals surface area contributed by atoms with Crippen LogP contribution in [-0.2, 0) is 15.9 Å². The summed E-state index contributed by atoms with van der Waals surface area (Å²) in [7, 11) is -1.18. The summed E-state index contributed by atoms with van der Waals surface area (Å²) < 4.78 is 34.0. The molecule has 1 aliphatic heterocycles. The zero-order chi connectivity index (χ0) is 25.0. The van der Waals surface area contributed by atoms with Crippen LogP contribution in [0, 0.1) is 17.1 Å². The van der Waals surface area contributed by atoms with Crippen molar-refractivity contribution in [3.05, 3.63) is 47.4 Å². The van der Waals surface area contributed by atoms with E-state index in [1.54, 1.807) is 6.07 Å². The molecule has 0 N–H and O–H groups in total. The largest absolute Gasteiger partial charge is 0.464 e. The van der Waals surface area contributed by atoms with Gasteiger partial charge in [0.1, 0.15) is 6.07 Å². The van der Waals surface area contributed by atoms with Crippen LogP contribution in [0.1, 0.15) is 43.7 Å². The number of hydrogen-bond acceptors (Lipinski definition) is 5. The minimum Gasteiger partial charge on any atom is -0.464 e. The summed E-state index contributed by atoms with van der Waals surface area (Å²) in [6.07, 6.45) is 3.47. The van der Waals surface area contributed by atoms with Crippen LogP contribution in [0.5, 0.6) is 5.75 Å². The van der Waals surface area contributed by atoms with Crippen LogP contribution < -0.4 is 4.74 Å². The van der Waals surface area contributed by atoms with E-state index in [9.17, 15) is 5.26 Å². The quantitative estimate of drug-likeness (QED) is 0.188. The number of aryl methyl sites for hydroxylation is 1. The molecular formula is C27H34FN3O3Si. The average molecular weight is 496 g/mol. The fraction of sp³-hybridized carbons (Fsp3) is 0.481. The number of ether oxygens (including phenoxy) is 3. The highest BCUT2D eigenvalue weighted by atomic mass is 28.3. The zero-order valence-electron chi connectivity index (χ0n) is 21.1. The molecule has 1 aliphatic rings. The van der Waals surface area contributed by atoms with E-state index in [2.05, 4.69) is 30.8 Å². The number of hydrogen-bond donors (Lipinski definition) is 0. The van der Waals surface area contributed by atoms with Gasteiger partial charge in [0, 0.05) is 26.7 Å². The minimum absolute atomic E-state index is 0.0351. The van der Waals surface area contributed by atoms with Crippen LogP contribution in [0.4, 0.5) is 4.39 Å². The Labute approximate surface area is 207 Å². The van der Waals surface area contributed by atoms with Crippen molar-refractivity contribution in [3.63, 3.8) is 0 Å². The topological polar surface area (TPSA) is 69.3 Å². The molecule has 0 bridgehead atoms. The smallest absolute Gasteiger partial charge is 0.189 e. The molecule has 1 atom stereocenters. The first-order valence-corrected chi connectivity index (χ1v) is 16.1. The molecule has 2 heterocycles. The molecule has 35 heavy (non-hydrogen) atoms. The van der Waals surface area contributed by atoms with Gasteiger partial charge in [0.2, 0.25) is 0 Å². The molecule has 0 spiro atoms. The maximum absolute atomic E-state index is 15.0. The van der Waals surface area contributed by atoms with Crippen molar-refractivity contribution >= 4 is 19.0 Å². The molecule has 3 aromatic rings. The summed E-state index contributed by atoms with van der Waals surface area (Å²) in [6.45, 7) is 10.2. The van der Waals surface area contributed by atoms with Crippen LogP contribution in [0.25, 0.3) is 22.0 Å². The normalized spacial score (nSPS) is 16.4. The van der Waals surface area contributed by atoms with Gasteiger partial charge in [-0.05, 0) is 72.7 Å². The highest BCUT2D eigenvalue weighted by molar-refractivity contribution is 6.76. The van der Waals surface area contributed by atoms with E-state index in [0.717, 1.165) is 59.3 Å². The van der Waals surface area contributed by atoms with Gasteiger partial charge in [0.25, 0.3) is 0 Å². The van der Waals surface area contributed by atoms with Crippen molar-refractivity contribution < 1.29 is 18.6 Å². The van der Waals surface area contributed by atoms with Gasteiger partial charge in [-0.3, -0.25) is 0 Å². The van der Waals surface area contributed by atoms with Crippen molar-refractivity contribution in [3.8, 4) is 22.9 Å². The molecule has 0 radical (unpaired) electrons. The number of benzene rings is 2. The molecular weight excluding hydrogens is 461 g/mol. The van der Waals surface area contributed by atoms with Crippen LogP contribution in [-0.4, -0.2) is 37.9 Å². The van der Waals surface area contributed by atoms with E-state index in [1.165, 1.54) is 6.07 Å². The highest BCUT2D eigenvalue weighted by Gasteiger charge is 2.22. The number of rotatable bonds is 9. The van der Waals surface area contributed by atoms with Gasteiger partial charge in [-0.15, -0.1) is 0 Å². The molecule has 186 valence electrons. The fourth-order valence-corrected chi connectivity index (χ4v) is 5.09. The number of fused-ring (bicyclic) bond motifs is 1. The van der Waals surface area contributed by atoms with Gasteiger partial charge < -0.3 is 14.2 Å². The average Bonchev–Trinajstić information content (AvgIpc) is 3.22. The Kier molecular flexibility index (Phi) is 7.90. The Bertz CT molecular complexity index is 1220. The Morgan fingerprint density at radius 2 is 2.06 bits per heavy atom. The predicted molar refractivity (Wildman–Crippen MR) is 138 cm³/mol. The van der Waals surface area contributed by atoms with Gasteiger partial charge >= 0.3 is 0 Å². The summed E-state index contributed by atoms with van der Waals surface area (Å²) in [5.74, 6) is -0.222. The second-order valence-corrected chi connectivity index (χ2v) is 15.9. The van der Waals surface area contributed by atoms with E-state index >= 15 is 4.39 Å². The summed E-state index contributed by atoms with van der Waals surface area (Å²) in [5, 5.41) is 14.9. The van der Waals surface area contributed by atoms with Crippen molar-refractivity contribution in [1.82, 2.24) is 9.78 Å². The SMILES string of the molecule is CCc1cc(OCOCC[Si](C)(C)C)c(F)cc1-c1ccc2c(C#N)nn(C3CCCCO3)c2c1. The molecule has 4 rings (SSSR count). The Morgan fingerprint density at radius 1 is 1.23 bits per heavy atom. The second kappa shape index (κ2) is 10.9. The molecule has 6 nitrogen and oxygen atoms in total. The number of nitrogens with zero attached hydrogens (tertiary/aromatic N) is 3. The van der Waals surface area contributed by atoms with Crippen molar-refractivity contribution in [2.75, 3.05) is 20.0 Å². The fourth-order valence-electron chi connectivity index (χ4n) is 4.33. The van der Waals surface area contributed by atoms with E-state index in [1.807, 2.05) is 29.8 Å². The first-order valence-electron chi connectivity index (χ1n) is 12.4. The summed E-state index contributed by atoms with van der Waals surface area (Å²) in [6, 6.07) is 12.3. The number of nitriles is 1. The maximum atomic E-state index is 15.0. The Balaban J connectivity index is 1.61. The summed E-state index contributed by atoms with van der Waals surface area (Å²) in [4.78, 5) is 0. The molecule has 1 fully saturated rings. The van der Waals surface area contributed by atoms with Crippen molar-refractivity contribution in [2.24, 2.45) is 0 Å². The molecule has 0 aliphatic carbocycles. The van der Waals surface area contributed by atoms with Gasteiger partial charge in [0.15, 0.2) is 30.3 Å². The lowest BCUT2D eigenvalue weighted by Crippen LogP contribution is -2.22. The summed E-state index contributed by atoms with van der Waals surface area (Å²) in [5.41, 5.74) is 3.84. The maximum Gasteiger partial charge on any atom is 0.189 e. The lowest BCUT2D eigenvalue weighted by molar-refractivity contribution is -0.0367. The second-order valence-electron chi connectivity index (χ2n) is 10.2. The third kappa shape index (κ3) is 5.92. The molecule has 1 saturated heterocycles. The third-order valence-corrected chi connectivity index (χ3v) is 8.09. The first-order chi connectivity index (χ1) is 16.8. The lowest BCUT2D eigenvalue weighted by Gasteiger charge is -2.23. The standard InChI is InChI=1S/C27H34FN3O3Si/c1-5-19-15-26(34-18-32-12-13-35(2,3)4)23(28)16-22(19)20-9-10-21-24(17-29)30-31(25(21)14-20)27-8-6-7-11-33-27/h9-10,14-16,27H,5-8,11-13,18H2,1-4H3. The molecule has 0 saturated carbocycles. The van der Waals surface area contributed by atoms with Crippen molar-refractivity contribution in [2.45, 2.75) is 64.5 Å². The van der Waals surface area contributed by atoms with Crippen molar-refractivity contribution in [1.29, 1.82) is 5.26 Å². The lowest BCUT2D eigenvalue weighted by atomic mass is 9.96. The third-order valence-electron chi connectivity index (χ3n) is 6.39. The summed E-state index contributed by atoms with van der Waals surface area (Å²) >= 11 is 0. The minimum atomic E-state index is -1.18. The van der Waals surface area contributed by atoms with E-state index < -0.39 is 13.9 Å². The van der Waals surface area contributed by atoms with Gasteiger partial charge in [-0.1, -0.05) is 32.6 Å². The number of aromatic nitrogens is 2. The van der Waals surface area contributed by atoms with Gasteiger partial charge in [-0.25, -0.2) is 9.07 Å². The van der Waals surface area contributed by atoms with Gasteiger partial charge in [-0.2, -0.15) is 10.4 Å². The zero-order valence-corrected chi connectivity index (χ0v) is 22.1. The number of halogens is 1. The highest BCUT2D eigenvalue weighted by Crippen LogP contribution is 2.35. The Morgan fingerprint density at radius 3 is 2.74 bits per heavy atom. The molecule has 2 aromatic carbocycles. The molecule has 1 unspecified atom stereocenters. The first kappa shape index (κ1) is 25.4. The van der Waals surface area contributed by atoms with E-state index in [4.69, 9.17) is 14.2 Å². The molecule has 1 aromatic heterocycles. The van der Waals surface area contributed by atoms with Crippen LogP contribution >= 0.6 is 0 Å². The van der Waals surface area contributed by atoms with Gasteiger partial charge in [0.05, 0.1) is 5.52 Å². The van der Waals surface area contributed by atoms with Crippen LogP contribution in [0.2, 0.25) is 25.7 Å². The van der Waals surface area contributed by atoms with E-state index in [-0.39, 0.29) is 18.8 Å². The van der Waals surface area contributed by atoms with E-state index in [0.29, 0.717) is 18.9 Å². The monoisotopic (exact) mass is 495 g/mol.